The Bertz CT molecular complexity index is 2010. The first-order valence-electron chi connectivity index (χ1n) is 13.4. The summed E-state index contributed by atoms with van der Waals surface area (Å²) in [5.74, 6) is -0.618. The van der Waals surface area contributed by atoms with Gasteiger partial charge in [-0.05, 0) is 31.9 Å². The first-order chi connectivity index (χ1) is 22.5. The summed E-state index contributed by atoms with van der Waals surface area (Å²) in [6, 6.07) is 0. The van der Waals surface area contributed by atoms with Crippen molar-refractivity contribution in [3.63, 3.8) is 0 Å². The molecule has 3 saturated heterocycles. The van der Waals surface area contributed by atoms with Gasteiger partial charge in [-0.1, -0.05) is 0 Å². The van der Waals surface area contributed by atoms with E-state index >= 15 is 0 Å². The average molecular weight is 847 g/mol. The van der Waals surface area contributed by atoms with E-state index in [2.05, 4.69) is 61.8 Å². The van der Waals surface area contributed by atoms with Crippen LogP contribution in [-0.2, 0) is 36.7 Å². The lowest BCUT2D eigenvalue weighted by molar-refractivity contribution is -0.236. The quantitative estimate of drug-likeness (QED) is 0.0835. The van der Waals surface area contributed by atoms with E-state index in [9.17, 15) is 38.7 Å². The standard InChI is InChI=1S/C20H22Br2N10O14P2/c21-17-25-5-11(27-19(23)29-13(5)35)31(17)15-7(33)9-3(43-15)1-41-47(37,38)46-10-4(2-42-48(39,40)45-9)44-16(8(10)34)32-12-6(26-18(32)22)14(36)30-20(24)28-12/h3-4,7-10,15-16,33-34H,1-2H2,(H,37,38)(H,39,40)(H3,23,27,29,35)(H3,24,28,30,36)/p-1/t3-,4-,7-,8-,9-,10-,15-,16-/m1/s1. The van der Waals surface area contributed by atoms with E-state index in [0.717, 1.165) is 9.13 Å². The Hall–Kier alpha value is -2.68. The predicted octanol–water partition coefficient (Wildman–Crippen LogP) is -2.16. The lowest BCUT2D eigenvalue weighted by Crippen LogP contribution is -2.40. The molecule has 3 fully saturated rings. The van der Waals surface area contributed by atoms with Crippen LogP contribution in [0.4, 0.5) is 11.9 Å². The smallest absolute Gasteiger partial charge is 0.472 e. The zero-order chi connectivity index (χ0) is 34.4. The molecule has 0 radical (unpaired) electrons. The van der Waals surface area contributed by atoms with Crippen LogP contribution in [0.2, 0.25) is 0 Å². The Morgan fingerprint density at radius 3 is 1.71 bits per heavy atom. The third-order valence-electron chi connectivity index (χ3n) is 7.48. The van der Waals surface area contributed by atoms with Crippen molar-refractivity contribution in [3.05, 3.63) is 30.2 Å². The molecule has 0 saturated carbocycles. The predicted molar refractivity (Wildman–Crippen MR) is 159 cm³/mol. The van der Waals surface area contributed by atoms with Crippen molar-refractivity contribution in [2.24, 2.45) is 0 Å². The van der Waals surface area contributed by atoms with Crippen molar-refractivity contribution < 1.29 is 56.7 Å². The molecule has 9 N–H and O–H groups in total. The number of rotatable bonds is 2. The molecule has 260 valence electrons. The third kappa shape index (κ3) is 5.83. The number of H-pyrrole nitrogens is 2. The highest BCUT2D eigenvalue weighted by molar-refractivity contribution is 9.10. The number of fused-ring (bicyclic) bond motifs is 4. The van der Waals surface area contributed by atoms with Gasteiger partial charge in [0, 0.05) is 0 Å². The van der Waals surface area contributed by atoms with E-state index in [1.807, 2.05) is 0 Å². The number of ether oxygens (including phenoxy) is 2. The number of aromatic nitrogens is 8. The Balaban J connectivity index is 1.20. The zero-order valence-corrected chi connectivity index (χ0v) is 28.3. The van der Waals surface area contributed by atoms with Crippen LogP contribution < -0.4 is 27.5 Å². The second-order valence-corrected chi connectivity index (χ2v) is 14.7. The van der Waals surface area contributed by atoms with Crippen molar-refractivity contribution in [1.82, 2.24) is 39.0 Å². The van der Waals surface area contributed by atoms with Crippen molar-refractivity contribution in [1.29, 1.82) is 0 Å². The van der Waals surface area contributed by atoms with Gasteiger partial charge in [-0.3, -0.25) is 42.3 Å². The lowest BCUT2D eigenvalue weighted by atomic mass is 10.1. The van der Waals surface area contributed by atoms with Crippen LogP contribution in [-0.4, -0.2) is 104 Å². The minimum atomic E-state index is -5.39. The molecule has 0 bridgehead atoms. The topological polar surface area (TPSA) is 352 Å². The van der Waals surface area contributed by atoms with Gasteiger partial charge in [0.2, 0.25) is 11.9 Å². The molecule has 3 aliphatic heterocycles. The van der Waals surface area contributed by atoms with Crippen molar-refractivity contribution >= 4 is 81.7 Å². The average Bonchev–Trinajstić information content (AvgIpc) is 3.67. The van der Waals surface area contributed by atoms with Gasteiger partial charge in [0.1, 0.15) is 36.6 Å². The van der Waals surface area contributed by atoms with Crippen molar-refractivity contribution in [3.8, 4) is 0 Å². The molecule has 0 amide bonds. The molecule has 0 aliphatic carbocycles. The molecule has 24 nitrogen and oxygen atoms in total. The summed E-state index contributed by atoms with van der Waals surface area (Å²) in [6.07, 6.45) is -13.7. The number of hydrogen-bond acceptors (Lipinski definition) is 19. The minimum Gasteiger partial charge on any atom is -0.756 e. The van der Waals surface area contributed by atoms with Crippen LogP contribution in [0, 0.1) is 0 Å². The normalized spacial score (nSPS) is 36.1. The second kappa shape index (κ2) is 12.0. The highest BCUT2D eigenvalue weighted by Gasteiger charge is 2.53. The van der Waals surface area contributed by atoms with Gasteiger partial charge in [0.15, 0.2) is 44.3 Å². The number of imidazole rings is 2. The summed E-state index contributed by atoms with van der Waals surface area (Å²) >= 11 is 6.27. The van der Waals surface area contributed by atoms with Crippen LogP contribution >= 0.6 is 47.5 Å². The largest absolute Gasteiger partial charge is 0.756 e. The zero-order valence-electron chi connectivity index (χ0n) is 23.4. The van der Waals surface area contributed by atoms with Crippen LogP contribution in [0.15, 0.2) is 19.1 Å². The minimum absolute atomic E-state index is 0.0852. The highest BCUT2D eigenvalue weighted by Crippen LogP contribution is 2.52. The first kappa shape index (κ1) is 33.8. The SMILES string of the molecule is Nc1nc2c(nc(Br)n2[C@@H]2O[C@@H]3COP(=O)(O)O[C@H]4[C@@H](O)[C@H](n5c(Br)nc6c(=O)[nH]c(N)nc65)O[C@@H]4COP(=O)([O-])O[C@H]3[C@H]2O)c(=O)[nH]1. The molecular weight excluding hydrogens is 826 g/mol. The molecule has 48 heavy (non-hydrogen) atoms. The van der Waals surface area contributed by atoms with Crippen molar-refractivity contribution in [2.45, 2.75) is 49.1 Å². The number of halogens is 2. The van der Waals surface area contributed by atoms with Gasteiger partial charge in [-0.2, -0.15) is 9.97 Å². The molecule has 2 unspecified atom stereocenters. The maximum absolute atomic E-state index is 13.2. The van der Waals surface area contributed by atoms with Crippen LogP contribution in [0.1, 0.15) is 12.5 Å². The van der Waals surface area contributed by atoms with E-state index in [-0.39, 0.29) is 43.7 Å². The van der Waals surface area contributed by atoms with E-state index in [4.69, 9.17) is 39.0 Å². The number of phosphoric acid groups is 2. The van der Waals surface area contributed by atoms with E-state index in [1.54, 1.807) is 0 Å². The monoisotopic (exact) mass is 845 g/mol. The van der Waals surface area contributed by atoms with Gasteiger partial charge in [-0.15, -0.1) is 0 Å². The number of aliphatic hydroxyl groups is 2. The van der Waals surface area contributed by atoms with Gasteiger partial charge in [0.25, 0.3) is 18.9 Å². The molecule has 10 atom stereocenters. The van der Waals surface area contributed by atoms with Crippen LogP contribution in [0.5, 0.6) is 0 Å². The Morgan fingerprint density at radius 2 is 1.23 bits per heavy atom. The number of nitrogen functional groups attached to an aromatic ring is 2. The number of hydrogen-bond donors (Lipinski definition) is 7. The number of nitrogens with one attached hydrogen (secondary N) is 2. The molecule has 28 heteroatoms. The molecule has 4 aromatic heterocycles. The molecule has 7 rings (SSSR count). The molecule has 0 spiro atoms. The molecular formula is C20H21Br2N10O14P2-. The van der Waals surface area contributed by atoms with E-state index in [1.165, 1.54) is 0 Å². The number of aliphatic hydroxyl groups excluding tert-OH is 2. The van der Waals surface area contributed by atoms with Gasteiger partial charge < -0.3 is 50.0 Å². The Kier molecular flexibility index (Phi) is 8.44. The van der Waals surface area contributed by atoms with E-state index < -0.39 is 89.1 Å². The molecule has 0 aromatic carbocycles. The van der Waals surface area contributed by atoms with Gasteiger partial charge >= 0.3 is 7.82 Å². The van der Waals surface area contributed by atoms with E-state index in [0.29, 0.717) is 0 Å². The maximum Gasteiger partial charge on any atom is 0.472 e. The molecule has 3 aliphatic rings. The number of nitrogens with zero attached hydrogens (tertiary/aromatic N) is 6. The summed E-state index contributed by atoms with van der Waals surface area (Å²) in [5.41, 5.74) is 9.09. The fourth-order valence-corrected chi connectivity index (χ4v) is 8.50. The summed E-state index contributed by atoms with van der Waals surface area (Å²) in [7, 11) is -10.5. The van der Waals surface area contributed by atoms with Gasteiger partial charge in [0.05, 0.1) is 13.2 Å². The fraction of sp³-hybridized carbons (Fsp3) is 0.500. The first-order valence-corrected chi connectivity index (χ1v) is 17.9. The number of anilines is 2. The molecule has 4 aromatic rings. The van der Waals surface area contributed by atoms with Crippen LogP contribution in [0.3, 0.4) is 0 Å². The summed E-state index contributed by atoms with van der Waals surface area (Å²) in [6.45, 7) is -1.88. The maximum atomic E-state index is 13.2. The fourth-order valence-electron chi connectivity index (χ4n) is 5.49. The Morgan fingerprint density at radius 1 is 0.792 bits per heavy atom. The molecule has 7 heterocycles. The third-order valence-corrected chi connectivity index (χ3v) is 10.6. The van der Waals surface area contributed by atoms with Crippen LogP contribution in [0.25, 0.3) is 22.3 Å². The highest BCUT2D eigenvalue weighted by atomic mass is 79.9. The summed E-state index contributed by atoms with van der Waals surface area (Å²) in [4.78, 5) is 69.0. The lowest BCUT2D eigenvalue weighted by Gasteiger charge is -2.32. The number of nitrogens with two attached hydrogens (primary N) is 2. The summed E-state index contributed by atoms with van der Waals surface area (Å²) in [5, 5.41) is 22.4. The summed E-state index contributed by atoms with van der Waals surface area (Å²) < 4.78 is 60.4. The second-order valence-electron chi connectivity index (χ2n) is 10.5. The van der Waals surface area contributed by atoms with Crippen molar-refractivity contribution in [2.75, 3.05) is 24.7 Å². The Labute approximate surface area is 280 Å². The van der Waals surface area contributed by atoms with Gasteiger partial charge in [-0.25, -0.2) is 14.5 Å². The number of phosphoric ester groups is 2. The number of aromatic amines is 2.